The van der Waals surface area contributed by atoms with Gasteiger partial charge in [-0.25, -0.2) is 14.5 Å². The highest BCUT2D eigenvalue weighted by atomic mass is 16.2. The van der Waals surface area contributed by atoms with E-state index in [0.717, 1.165) is 35.2 Å². The van der Waals surface area contributed by atoms with E-state index in [1.54, 1.807) is 18.1 Å². The van der Waals surface area contributed by atoms with Crippen LogP contribution in [0.4, 0.5) is 4.79 Å². The van der Waals surface area contributed by atoms with Crippen LogP contribution in [0.5, 0.6) is 0 Å². The second kappa shape index (κ2) is 8.60. The molecule has 0 atom stereocenters. The number of urea groups is 1. The summed E-state index contributed by atoms with van der Waals surface area (Å²) in [4.78, 5) is 18.4. The normalized spacial score (nSPS) is 10.9. The molecule has 0 fully saturated rings. The molecule has 1 N–H and O–H groups in total. The molecule has 7 nitrogen and oxygen atoms in total. The number of carbonyl (C=O) groups is 1. The molecule has 0 aliphatic heterocycles. The minimum Gasteiger partial charge on any atom is -0.338 e. The van der Waals surface area contributed by atoms with Crippen LogP contribution in [0.3, 0.4) is 0 Å². The first-order chi connectivity index (χ1) is 14.2. The Morgan fingerprint density at radius 3 is 2.76 bits per heavy atom. The number of nitrogens with zero attached hydrogens (tertiary/aromatic N) is 5. The molecule has 7 heteroatoms. The topological polar surface area (TPSA) is 68.0 Å². The van der Waals surface area contributed by atoms with Crippen LogP contribution in [-0.4, -0.2) is 43.9 Å². The third kappa shape index (κ3) is 4.45. The third-order valence-corrected chi connectivity index (χ3v) is 4.80. The molecule has 0 saturated carbocycles. The second-order valence-electron chi connectivity index (χ2n) is 7.00. The molecule has 0 radical (unpaired) electrons. The minimum atomic E-state index is -0.0899. The van der Waals surface area contributed by atoms with Crippen molar-refractivity contribution in [3.05, 3.63) is 78.9 Å². The number of aryl methyl sites for hydroxylation is 1. The highest BCUT2D eigenvalue weighted by molar-refractivity contribution is 5.75. The van der Waals surface area contributed by atoms with Crippen molar-refractivity contribution < 1.29 is 4.79 Å². The number of aromatic nitrogens is 4. The molecule has 2 aromatic heterocycles. The predicted octanol–water partition coefficient (Wildman–Crippen LogP) is 3.45. The van der Waals surface area contributed by atoms with E-state index in [-0.39, 0.29) is 6.03 Å². The third-order valence-electron chi connectivity index (χ3n) is 4.80. The van der Waals surface area contributed by atoms with Gasteiger partial charge < -0.3 is 14.8 Å². The molecule has 2 heterocycles. The average molecular weight is 388 g/mol. The lowest BCUT2D eigenvalue weighted by atomic mass is 10.3. The SMILES string of the molecule is CN(Cc1cnn(-c2ccccc2)c1)C(=O)NCCCn1cnc2ccccc21. The van der Waals surface area contributed by atoms with Crippen LogP contribution in [0, 0.1) is 0 Å². The van der Waals surface area contributed by atoms with E-state index in [2.05, 4.69) is 26.0 Å². The summed E-state index contributed by atoms with van der Waals surface area (Å²) in [7, 11) is 1.79. The fourth-order valence-electron chi connectivity index (χ4n) is 3.28. The maximum absolute atomic E-state index is 12.4. The summed E-state index contributed by atoms with van der Waals surface area (Å²) < 4.78 is 3.93. The van der Waals surface area contributed by atoms with E-state index in [1.807, 2.05) is 65.7 Å². The Hall–Kier alpha value is -3.61. The van der Waals surface area contributed by atoms with Crippen LogP contribution in [0.2, 0.25) is 0 Å². The van der Waals surface area contributed by atoms with Crippen LogP contribution in [-0.2, 0) is 13.1 Å². The molecule has 0 aliphatic rings. The molecule has 2 amide bonds. The molecule has 0 unspecified atom stereocenters. The monoisotopic (exact) mass is 388 g/mol. The highest BCUT2D eigenvalue weighted by Crippen LogP contribution is 2.12. The number of benzene rings is 2. The van der Waals surface area contributed by atoms with Crippen molar-refractivity contribution in [1.29, 1.82) is 0 Å². The zero-order valence-electron chi connectivity index (χ0n) is 16.4. The van der Waals surface area contributed by atoms with Gasteiger partial charge in [0.1, 0.15) is 0 Å². The van der Waals surface area contributed by atoms with Gasteiger partial charge in [-0.15, -0.1) is 0 Å². The molecule has 148 valence electrons. The number of hydrogen-bond donors (Lipinski definition) is 1. The Kier molecular flexibility index (Phi) is 5.56. The van der Waals surface area contributed by atoms with E-state index in [4.69, 9.17) is 0 Å². The summed E-state index contributed by atoms with van der Waals surface area (Å²) in [5.41, 5.74) is 4.09. The quantitative estimate of drug-likeness (QED) is 0.493. The van der Waals surface area contributed by atoms with Crippen molar-refractivity contribution in [2.75, 3.05) is 13.6 Å². The van der Waals surface area contributed by atoms with E-state index in [0.29, 0.717) is 13.1 Å². The molecular formula is C22H24N6O. The van der Waals surface area contributed by atoms with Crippen LogP contribution in [0.1, 0.15) is 12.0 Å². The first kappa shape index (κ1) is 18.7. The number of fused-ring (bicyclic) bond motifs is 1. The smallest absolute Gasteiger partial charge is 0.317 e. The molecule has 0 aliphatic carbocycles. The Labute approximate surface area is 169 Å². The van der Waals surface area contributed by atoms with Gasteiger partial charge in [-0.2, -0.15) is 5.10 Å². The zero-order valence-corrected chi connectivity index (χ0v) is 16.4. The summed E-state index contributed by atoms with van der Waals surface area (Å²) in [5.74, 6) is 0. The predicted molar refractivity (Wildman–Crippen MR) is 113 cm³/mol. The summed E-state index contributed by atoms with van der Waals surface area (Å²) in [6.07, 6.45) is 6.43. The molecule has 0 saturated heterocycles. The van der Waals surface area contributed by atoms with Gasteiger partial charge in [0.25, 0.3) is 0 Å². The fourth-order valence-corrected chi connectivity index (χ4v) is 3.28. The summed E-state index contributed by atoms with van der Waals surface area (Å²) in [6, 6.07) is 17.9. The first-order valence-electron chi connectivity index (χ1n) is 9.68. The lowest BCUT2D eigenvalue weighted by molar-refractivity contribution is 0.206. The van der Waals surface area contributed by atoms with Crippen LogP contribution in [0.15, 0.2) is 73.3 Å². The number of rotatable bonds is 7. The molecule has 0 spiro atoms. The largest absolute Gasteiger partial charge is 0.338 e. The van der Waals surface area contributed by atoms with Crippen molar-refractivity contribution >= 4 is 17.1 Å². The number of nitrogens with one attached hydrogen (secondary N) is 1. The summed E-state index contributed by atoms with van der Waals surface area (Å²) >= 11 is 0. The van der Waals surface area contributed by atoms with E-state index in [1.165, 1.54) is 0 Å². The van der Waals surface area contributed by atoms with E-state index in [9.17, 15) is 4.79 Å². The maximum Gasteiger partial charge on any atom is 0.317 e. The molecule has 0 bridgehead atoms. The van der Waals surface area contributed by atoms with Crippen molar-refractivity contribution in [3.8, 4) is 5.69 Å². The van der Waals surface area contributed by atoms with Crippen LogP contribution in [0.25, 0.3) is 16.7 Å². The molecule has 4 rings (SSSR count). The number of amides is 2. The second-order valence-corrected chi connectivity index (χ2v) is 7.00. The van der Waals surface area contributed by atoms with Gasteiger partial charge in [0.05, 0.1) is 35.8 Å². The number of hydrogen-bond acceptors (Lipinski definition) is 3. The van der Waals surface area contributed by atoms with Gasteiger partial charge in [-0.1, -0.05) is 30.3 Å². The summed E-state index contributed by atoms with van der Waals surface area (Å²) in [6.45, 7) is 1.93. The fraction of sp³-hybridized carbons (Fsp3) is 0.227. The van der Waals surface area contributed by atoms with Crippen LogP contribution < -0.4 is 5.32 Å². The Morgan fingerprint density at radius 1 is 1.10 bits per heavy atom. The van der Waals surface area contributed by atoms with Crippen molar-refractivity contribution in [2.45, 2.75) is 19.5 Å². The number of para-hydroxylation sites is 3. The van der Waals surface area contributed by atoms with E-state index >= 15 is 0 Å². The number of imidazole rings is 1. The van der Waals surface area contributed by atoms with Crippen LogP contribution >= 0.6 is 0 Å². The molecule has 29 heavy (non-hydrogen) atoms. The van der Waals surface area contributed by atoms with Gasteiger partial charge in [0.15, 0.2) is 0 Å². The van der Waals surface area contributed by atoms with Gasteiger partial charge in [-0.3, -0.25) is 0 Å². The zero-order chi connectivity index (χ0) is 20.1. The molecule has 4 aromatic rings. The van der Waals surface area contributed by atoms with Crippen molar-refractivity contribution in [3.63, 3.8) is 0 Å². The number of carbonyl (C=O) groups excluding carboxylic acids is 1. The lowest BCUT2D eigenvalue weighted by Gasteiger charge is -2.17. The average Bonchev–Trinajstić information content (AvgIpc) is 3.39. The van der Waals surface area contributed by atoms with Gasteiger partial charge in [0, 0.05) is 31.9 Å². The van der Waals surface area contributed by atoms with Crippen molar-refractivity contribution in [1.82, 2.24) is 29.5 Å². The lowest BCUT2D eigenvalue weighted by Crippen LogP contribution is -2.37. The summed E-state index contributed by atoms with van der Waals surface area (Å²) in [5, 5.41) is 7.35. The Morgan fingerprint density at radius 2 is 1.90 bits per heavy atom. The van der Waals surface area contributed by atoms with E-state index < -0.39 is 0 Å². The Bertz CT molecular complexity index is 1080. The molecule has 2 aromatic carbocycles. The van der Waals surface area contributed by atoms with Gasteiger partial charge in [-0.05, 0) is 30.7 Å². The highest BCUT2D eigenvalue weighted by Gasteiger charge is 2.10. The van der Waals surface area contributed by atoms with Gasteiger partial charge in [0.2, 0.25) is 0 Å². The first-order valence-corrected chi connectivity index (χ1v) is 9.68. The standard InChI is InChI=1S/C22H24N6O/c1-26(15-18-14-25-28(16-18)19-8-3-2-4-9-19)22(29)23-12-7-13-27-17-24-20-10-5-6-11-21(20)27/h2-6,8-11,14,16-17H,7,12-13,15H2,1H3,(H,23,29). The maximum atomic E-state index is 12.4. The molecular weight excluding hydrogens is 364 g/mol. The minimum absolute atomic E-state index is 0.0899. The Balaban J connectivity index is 1.24. The van der Waals surface area contributed by atoms with Gasteiger partial charge >= 0.3 is 6.03 Å². The van der Waals surface area contributed by atoms with Crippen molar-refractivity contribution in [2.24, 2.45) is 0 Å².